The first-order valence-electron chi connectivity index (χ1n) is 12.7. The van der Waals surface area contributed by atoms with E-state index < -0.39 is 29.8 Å². The van der Waals surface area contributed by atoms with Crippen molar-refractivity contribution in [3.8, 4) is 0 Å². The third-order valence-corrected chi connectivity index (χ3v) is 5.31. The van der Waals surface area contributed by atoms with Crippen molar-refractivity contribution in [2.45, 2.75) is 104 Å². The number of hydrogen-bond acceptors (Lipinski definition) is 6. The van der Waals surface area contributed by atoms with E-state index in [2.05, 4.69) is 27.0 Å². The molecule has 0 aromatic carbocycles. The Morgan fingerprint density at radius 1 is 0.686 bits per heavy atom. The van der Waals surface area contributed by atoms with Crippen LogP contribution in [0.25, 0.3) is 0 Å². The van der Waals surface area contributed by atoms with Crippen LogP contribution in [-0.2, 0) is 28.7 Å². The summed E-state index contributed by atoms with van der Waals surface area (Å²) in [5, 5.41) is 17.2. The molecule has 0 spiro atoms. The maximum Gasteiger partial charge on any atom is 0.331 e. The topological polar surface area (TPSA) is 127 Å². The van der Waals surface area contributed by atoms with Gasteiger partial charge in [-0.2, -0.15) is 0 Å². The lowest BCUT2D eigenvalue weighted by atomic mass is 10.0. The Bertz CT molecular complexity index is 654. The number of hydrogen-bond donors (Lipinski definition) is 2. The van der Waals surface area contributed by atoms with Gasteiger partial charge in [-0.15, -0.1) is 0 Å². The van der Waals surface area contributed by atoms with Gasteiger partial charge in [-0.3, -0.25) is 9.59 Å². The number of ether oxygens (including phenoxy) is 2. The zero-order valence-electron chi connectivity index (χ0n) is 21.9. The highest BCUT2D eigenvalue weighted by atomic mass is 16.5. The van der Waals surface area contributed by atoms with Gasteiger partial charge in [0.2, 0.25) is 0 Å². The first-order valence-corrected chi connectivity index (χ1v) is 12.7. The van der Waals surface area contributed by atoms with Crippen molar-refractivity contribution in [3.63, 3.8) is 0 Å². The monoisotopic (exact) mass is 498 g/mol. The number of carbonyl (C=O) groups excluding carboxylic acids is 2. The second-order valence-corrected chi connectivity index (χ2v) is 8.56. The van der Waals surface area contributed by atoms with Crippen LogP contribution in [0.5, 0.6) is 0 Å². The zero-order chi connectivity index (χ0) is 27.1. The van der Waals surface area contributed by atoms with Gasteiger partial charge in [-0.05, 0) is 19.8 Å². The van der Waals surface area contributed by atoms with Gasteiger partial charge >= 0.3 is 23.9 Å². The highest BCUT2D eigenvalue weighted by Crippen LogP contribution is 2.11. The van der Waals surface area contributed by atoms with Crippen LogP contribution in [0.15, 0.2) is 24.3 Å². The Morgan fingerprint density at radius 2 is 1.11 bits per heavy atom. The summed E-state index contributed by atoms with van der Waals surface area (Å²) in [6, 6.07) is 0. The van der Waals surface area contributed by atoms with Gasteiger partial charge in [-0.25, -0.2) is 9.59 Å². The number of unbranched alkanes of at least 4 members (excludes halogenated alkanes) is 10. The molecule has 0 radical (unpaired) electrons. The van der Waals surface area contributed by atoms with E-state index in [1.54, 1.807) is 0 Å². The van der Waals surface area contributed by atoms with Crippen LogP contribution in [-0.4, -0.2) is 47.3 Å². The van der Waals surface area contributed by atoms with Crippen molar-refractivity contribution in [2.75, 3.05) is 13.2 Å². The Kier molecular flexibility index (Phi) is 22.8. The van der Waals surface area contributed by atoms with E-state index in [0.717, 1.165) is 38.5 Å². The molecule has 0 aromatic rings. The number of rotatable bonds is 20. The van der Waals surface area contributed by atoms with Gasteiger partial charge in [0.15, 0.2) is 0 Å². The zero-order valence-corrected chi connectivity index (χ0v) is 21.9. The van der Waals surface area contributed by atoms with Crippen LogP contribution in [0.3, 0.4) is 0 Å². The minimum atomic E-state index is -1.15. The molecule has 0 bridgehead atoms. The van der Waals surface area contributed by atoms with Crippen LogP contribution in [0.1, 0.15) is 104 Å². The van der Waals surface area contributed by atoms with Crippen LogP contribution in [0.2, 0.25) is 0 Å². The van der Waals surface area contributed by atoms with E-state index >= 15 is 0 Å². The SMILES string of the molecule is C=C(C(=O)O)C(C)C(=O)OCCCCCCCC.C=C(CC(=O)OCCCCCCCC)C(=O)O. The first-order chi connectivity index (χ1) is 16.6. The van der Waals surface area contributed by atoms with E-state index in [1.807, 2.05) is 0 Å². The lowest BCUT2D eigenvalue weighted by Crippen LogP contribution is -2.21. The highest BCUT2D eigenvalue weighted by Gasteiger charge is 2.22. The molecular formula is C27H46O8. The molecule has 0 heterocycles. The molecule has 0 rings (SSSR count). The third kappa shape index (κ3) is 21.6. The molecule has 0 aliphatic rings. The molecule has 0 saturated heterocycles. The van der Waals surface area contributed by atoms with E-state index in [1.165, 1.54) is 45.4 Å². The van der Waals surface area contributed by atoms with Crippen LogP contribution >= 0.6 is 0 Å². The van der Waals surface area contributed by atoms with Crippen molar-refractivity contribution < 1.29 is 38.9 Å². The molecule has 1 atom stereocenters. The minimum Gasteiger partial charge on any atom is -0.478 e. The van der Waals surface area contributed by atoms with Crippen molar-refractivity contribution in [1.29, 1.82) is 0 Å². The number of aliphatic carboxylic acids is 2. The molecule has 0 aromatic heterocycles. The largest absolute Gasteiger partial charge is 0.478 e. The summed E-state index contributed by atoms with van der Waals surface area (Å²) >= 11 is 0. The molecule has 0 aliphatic heterocycles. The smallest absolute Gasteiger partial charge is 0.331 e. The Hall–Kier alpha value is -2.64. The van der Waals surface area contributed by atoms with E-state index in [4.69, 9.17) is 19.7 Å². The molecule has 2 N–H and O–H groups in total. The molecule has 8 heteroatoms. The lowest BCUT2D eigenvalue weighted by Gasteiger charge is -2.11. The summed E-state index contributed by atoms with van der Waals surface area (Å²) in [6.45, 7) is 13.2. The van der Waals surface area contributed by atoms with Gasteiger partial charge < -0.3 is 19.7 Å². The van der Waals surface area contributed by atoms with Gasteiger partial charge in [0.1, 0.15) is 0 Å². The fourth-order valence-electron chi connectivity index (χ4n) is 2.88. The maximum atomic E-state index is 11.5. The first kappa shape index (κ1) is 34.5. The average Bonchev–Trinajstić information content (AvgIpc) is 2.82. The van der Waals surface area contributed by atoms with Crippen molar-refractivity contribution >= 4 is 23.9 Å². The molecule has 35 heavy (non-hydrogen) atoms. The molecule has 0 fully saturated rings. The van der Waals surface area contributed by atoms with Gasteiger partial charge in [0.25, 0.3) is 0 Å². The predicted molar refractivity (Wildman–Crippen MR) is 136 cm³/mol. The summed E-state index contributed by atoms with van der Waals surface area (Å²) in [7, 11) is 0. The van der Waals surface area contributed by atoms with E-state index in [-0.39, 0.29) is 17.6 Å². The van der Waals surface area contributed by atoms with Gasteiger partial charge in [0.05, 0.1) is 25.6 Å². The Labute approximate surface area is 210 Å². The molecule has 8 nitrogen and oxygen atoms in total. The fraction of sp³-hybridized carbons (Fsp3) is 0.704. The third-order valence-electron chi connectivity index (χ3n) is 5.31. The molecule has 0 amide bonds. The van der Waals surface area contributed by atoms with Gasteiger partial charge in [0, 0.05) is 11.1 Å². The number of carboxylic acids is 2. The summed E-state index contributed by atoms with van der Waals surface area (Å²) in [5.74, 6) is -4.09. The second kappa shape index (κ2) is 23.1. The molecule has 0 saturated carbocycles. The highest BCUT2D eigenvalue weighted by molar-refractivity contribution is 5.93. The summed E-state index contributed by atoms with van der Waals surface area (Å²) < 4.78 is 9.92. The van der Waals surface area contributed by atoms with Crippen molar-refractivity contribution in [2.24, 2.45) is 5.92 Å². The van der Waals surface area contributed by atoms with Crippen LogP contribution in [0.4, 0.5) is 0 Å². The second-order valence-electron chi connectivity index (χ2n) is 8.56. The normalized spacial score (nSPS) is 10.9. The number of carboxylic acid groups (broad SMARTS) is 2. The molecule has 0 aliphatic carbocycles. The number of carbonyl (C=O) groups is 4. The summed E-state index contributed by atoms with van der Waals surface area (Å²) in [6.07, 6.45) is 13.2. The van der Waals surface area contributed by atoms with Gasteiger partial charge in [-0.1, -0.05) is 91.2 Å². The minimum absolute atomic E-state index is 0.122. The van der Waals surface area contributed by atoms with Crippen molar-refractivity contribution in [1.82, 2.24) is 0 Å². The summed E-state index contributed by atoms with van der Waals surface area (Å²) in [5.41, 5.74) is -0.249. The standard InChI is InChI=1S/C14H24O4.C13H22O4/c1-4-5-6-7-8-9-10-18-14(17)12(3)11(2)13(15)16;1-3-4-5-6-7-8-9-17-12(14)10-11(2)13(15)16/h12H,2,4-10H2,1,3H3,(H,15,16);2-10H2,1H3,(H,15,16). The van der Waals surface area contributed by atoms with Crippen LogP contribution < -0.4 is 0 Å². The fourth-order valence-corrected chi connectivity index (χ4v) is 2.88. The molecule has 202 valence electrons. The van der Waals surface area contributed by atoms with E-state index in [9.17, 15) is 19.2 Å². The summed E-state index contributed by atoms with van der Waals surface area (Å²) in [4.78, 5) is 43.6. The quantitative estimate of drug-likeness (QED) is 0.117. The molecular weight excluding hydrogens is 452 g/mol. The average molecular weight is 499 g/mol. The van der Waals surface area contributed by atoms with Crippen molar-refractivity contribution in [3.05, 3.63) is 24.3 Å². The van der Waals surface area contributed by atoms with Crippen LogP contribution in [0, 0.1) is 5.92 Å². The lowest BCUT2D eigenvalue weighted by molar-refractivity contribution is -0.148. The predicted octanol–water partition coefficient (Wildman–Crippen LogP) is 6.09. The van der Waals surface area contributed by atoms with E-state index in [0.29, 0.717) is 13.2 Å². The Balaban J connectivity index is 0. The Morgan fingerprint density at radius 3 is 1.54 bits per heavy atom. The number of esters is 2. The molecule has 1 unspecified atom stereocenters. The maximum absolute atomic E-state index is 11.5.